The number of pyridine rings is 1. The highest BCUT2D eigenvalue weighted by Crippen LogP contribution is 2.44. The summed E-state index contributed by atoms with van der Waals surface area (Å²) in [6, 6.07) is 18.1. The van der Waals surface area contributed by atoms with Crippen molar-refractivity contribution >= 4 is 23.7 Å². The molecule has 178 valence electrons. The number of carboxylic acid groups (broad SMARTS) is 1. The van der Waals surface area contributed by atoms with Crippen LogP contribution in [0, 0.1) is 0 Å². The Morgan fingerprint density at radius 3 is 2.34 bits per heavy atom. The summed E-state index contributed by atoms with van der Waals surface area (Å²) in [4.78, 5) is 41.9. The molecule has 0 spiro atoms. The molecule has 0 saturated carbocycles. The van der Waals surface area contributed by atoms with E-state index in [2.05, 4.69) is 22.4 Å². The standard InChI is InChI=1S/C26H23N3O6/c30-24(29-11-12-34-15-23(29)25(31)32)22-10-9-16(13-27-22)28-26(33)35-14-21-19-7-3-1-5-17(19)18-6-2-4-8-20(18)21/h1-10,13,21,23H,11-12,14-15H2,(H,28,33)(H,31,32). The quantitative estimate of drug-likeness (QED) is 0.583. The van der Waals surface area contributed by atoms with Crippen LogP contribution < -0.4 is 5.32 Å². The van der Waals surface area contributed by atoms with Crippen molar-refractivity contribution in [2.75, 3.05) is 31.7 Å². The van der Waals surface area contributed by atoms with Crippen molar-refractivity contribution in [3.05, 3.63) is 83.7 Å². The van der Waals surface area contributed by atoms with Gasteiger partial charge in [-0.25, -0.2) is 14.6 Å². The van der Waals surface area contributed by atoms with Gasteiger partial charge in [-0.05, 0) is 34.4 Å². The number of rotatable bonds is 5. The van der Waals surface area contributed by atoms with Crippen LogP contribution >= 0.6 is 0 Å². The van der Waals surface area contributed by atoms with Crippen LogP contribution in [0.3, 0.4) is 0 Å². The number of carbonyl (C=O) groups excluding carboxylic acids is 2. The number of anilines is 1. The van der Waals surface area contributed by atoms with E-state index < -0.39 is 24.0 Å². The summed E-state index contributed by atoms with van der Waals surface area (Å²) in [5, 5.41) is 12.0. The monoisotopic (exact) mass is 473 g/mol. The topological polar surface area (TPSA) is 118 Å². The number of carbonyl (C=O) groups is 3. The molecule has 9 heteroatoms. The van der Waals surface area contributed by atoms with Crippen molar-refractivity contribution in [1.29, 1.82) is 0 Å². The smallest absolute Gasteiger partial charge is 0.411 e. The molecule has 2 amide bonds. The van der Waals surface area contributed by atoms with E-state index in [9.17, 15) is 19.5 Å². The number of aromatic nitrogens is 1. The molecular formula is C26H23N3O6. The lowest BCUT2D eigenvalue weighted by atomic mass is 9.98. The first-order valence-electron chi connectivity index (χ1n) is 11.2. The number of nitrogens with one attached hydrogen (secondary N) is 1. The van der Waals surface area contributed by atoms with Crippen LogP contribution in [0.2, 0.25) is 0 Å². The molecule has 0 radical (unpaired) electrons. The van der Waals surface area contributed by atoms with E-state index in [4.69, 9.17) is 9.47 Å². The van der Waals surface area contributed by atoms with Crippen molar-refractivity contribution in [3.63, 3.8) is 0 Å². The highest BCUT2D eigenvalue weighted by molar-refractivity contribution is 5.95. The fraction of sp³-hybridized carbons (Fsp3) is 0.231. The SMILES string of the molecule is O=C(Nc1ccc(C(=O)N2CCOCC2C(=O)O)nc1)OCC1c2ccccc2-c2ccccc21. The number of morpholine rings is 1. The zero-order valence-corrected chi connectivity index (χ0v) is 18.7. The van der Waals surface area contributed by atoms with Crippen molar-refractivity contribution in [2.45, 2.75) is 12.0 Å². The molecule has 5 rings (SSSR count). The average molecular weight is 473 g/mol. The predicted octanol–water partition coefficient (Wildman–Crippen LogP) is 3.37. The predicted molar refractivity (Wildman–Crippen MR) is 126 cm³/mol. The van der Waals surface area contributed by atoms with Gasteiger partial charge in [-0.1, -0.05) is 48.5 Å². The maximum atomic E-state index is 12.7. The molecule has 1 saturated heterocycles. The maximum absolute atomic E-state index is 12.7. The van der Waals surface area contributed by atoms with Crippen molar-refractivity contribution < 1.29 is 29.0 Å². The van der Waals surface area contributed by atoms with Crippen molar-refractivity contribution in [2.24, 2.45) is 0 Å². The van der Waals surface area contributed by atoms with Gasteiger partial charge in [-0.2, -0.15) is 0 Å². The van der Waals surface area contributed by atoms with Crippen molar-refractivity contribution in [3.8, 4) is 11.1 Å². The summed E-state index contributed by atoms with van der Waals surface area (Å²) in [7, 11) is 0. The molecule has 1 atom stereocenters. The summed E-state index contributed by atoms with van der Waals surface area (Å²) in [5.41, 5.74) is 4.97. The Morgan fingerprint density at radius 2 is 1.71 bits per heavy atom. The molecular weight excluding hydrogens is 450 g/mol. The van der Waals surface area contributed by atoms with Crippen LogP contribution in [-0.2, 0) is 14.3 Å². The number of benzene rings is 2. The van der Waals surface area contributed by atoms with Crippen molar-refractivity contribution in [1.82, 2.24) is 9.88 Å². The van der Waals surface area contributed by atoms with Gasteiger partial charge in [-0.15, -0.1) is 0 Å². The Labute approximate surface area is 201 Å². The van der Waals surface area contributed by atoms with Crippen LogP contribution in [0.1, 0.15) is 27.5 Å². The lowest BCUT2D eigenvalue weighted by molar-refractivity contribution is -0.147. The Bertz CT molecular complexity index is 1230. The number of carboxylic acids is 1. The van der Waals surface area contributed by atoms with Gasteiger partial charge in [0.25, 0.3) is 5.91 Å². The lowest BCUT2D eigenvalue weighted by Crippen LogP contribution is -2.52. The maximum Gasteiger partial charge on any atom is 0.411 e. The third-order valence-corrected chi connectivity index (χ3v) is 6.25. The second-order valence-corrected chi connectivity index (χ2v) is 8.31. The molecule has 1 aromatic heterocycles. The van der Waals surface area contributed by atoms with Gasteiger partial charge in [0.1, 0.15) is 12.3 Å². The Hall–Kier alpha value is -4.24. The van der Waals surface area contributed by atoms with E-state index in [1.807, 2.05) is 36.4 Å². The number of ether oxygens (including phenoxy) is 2. The van der Waals surface area contributed by atoms with Gasteiger partial charge in [0, 0.05) is 12.5 Å². The minimum Gasteiger partial charge on any atom is -0.480 e. The number of hydrogen-bond donors (Lipinski definition) is 2. The molecule has 2 aromatic carbocycles. The number of aliphatic carboxylic acids is 1. The van der Waals surface area contributed by atoms with Crippen LogP contribution in [0.4, 0.5) is 10.5 Å². The minimum atomic E-state index is -1.13. The molecule has 35 heavy (non-hydrogen) atoms. The van der Waals surface area contributed by atoms with E-state index in [1.165, 1.54) is 23.2 Å². The van der Waals surface area contributed by atoms with Gasteiger partial charge in [0.15, 0.2) is 6.04 Å². The van der Waals surface area contributed by atoms with E-state index in [1.54, 1.807) is 0 Å². The Balaban J connectivity index is 1.21. The molecule has 1 aliphatic heterocycles. The first-order valence-corrected chi connectivity index (χ1v) is 11.2. The van der Waals surface area contributed by atoms with Gasteiger partial charge in [0.05, 0.1) is 25.1 Å². The third kappa shape index (κ3) is 4.45. The molecule has 2 heterocycles. The zero-order chi connectivity index (χ0) is 24.4. The zero-order valence-electron chi connectivity index (χ0n) is 18.7. The van der Waals surface area contributed by atoms with Gasteiger partial charge in [0.2, 0.25) is 0 Å². The fourth-order valence-corrected chi connectivity index (χ4v) is 4.55. The summed E-state index contributed by atoms with van der Waals surface area (Å²) >= 11 is 0. The number of fused-ring (bicyclic) bond motifs is 3. The van der Waals surface area contributed by atoms with Crippen LogP contribution in [-0.4, -0.2) is 65.4 Å². The number of amides is 2. The van der Waals surface area contributed by atoms with E-state index in [0.717, 1.165) is 22.3 Å². The Morgan fingerprint density at radius 1 is 1.03 bits per heavy atom. The first kappa shape index (κ1) is 22.5. The van der Waals surface area contributed by atoms with Gasteiger partial charge >= 0.3 is 12.1 Å². The minimum absolute atomic E-state index is 0.0537. The normalized spacial score (nSPS) is 16.8. The molecule has 2 aliphatic rings. The summed E-state index contributed by atoms with van der Waals surface area (Å²) in [5.74, 6) is -1.69. The van der Waals surface area contributed by atoms with Crippen LogP contribution in [0.15, 0.2) is 66.9 Å². The highest BCUT2D eigenvalue weighted by Gasteiger charge is 2.34. The summed E-state index contributed by atoms with van der Waals surface area (Å²) < 4.78 is 10.7. The second-order valence-electron chi connectivity index (χ2n) is 8.31. The Kier molecular flexibility index (Phi) is 6.15. The van der Waals surface area contributed by atoms with E-state index in [-0.39, 0.29) is 38.0 Å². The summed E-state index contributed by atoms with van der Waals surface area (Å²) in [6.45, 7) is 0.536. The molecule has 1 unspecified atom stereocenters. The molecule has 0 bridgehead atoms. The molecule has 3 aromatic rings. The van der Waals surface area contributed by atoms with Crippen LogP contribution in [0.5, 0.6) is 0 Å². The lowest BCUT2D eigenvalue weighted by Gasteiger charge is -2.32. The fourth-order valence-electron chi connectivity index (χ4n) is 4.55. The van der Waals surface area contributed by atoms with E-state index in [0.29, 0.717) is 5.69 Å². The first-order chi connectivity index (χ1) is 17.0. The largest absolute Gasteiger partial charge is 0.480 e. The summed E-state index contributed by atoms with van der Waals surface area (Å²) in [6.07, 6.45) is 0.706. The van der Waals surface area contributed by atoms with Gasteiger partial charge < -0.3 is 19.5 Å². The number of nitrogens with zero attached hydrogens (tertiary/aromatic N) is 2. The second kappa shape index (κ2) is 9.55. The molecule has 9 nitrogen and oxygen atoms in total. The van der Waals surface area contributed by atoms with Crippen LogP contribution in [0.25, 0.3) is 11.1 Å². The van der Waals surface area contributed by atoms with Gasteiger partial charge in [-0.3, -0.25) is 10.1 Å². The third-order valence-electron chi connectivity index (χ3n) is 6.25. The molecule has 2 N–H and O–H groups in total. The van der Waals surface area contributed by atoms with E-state index >= 15 is 0 Å². The molecule has 1 fully saturated rings. The number of hydrogen-bond acceptors (Lipinski definition) is 6. The highest BCUT2D eigenvalue weighted by atomic mass is 16.5. The average Bonchev–Trinajstić information content (AvgIpc) is 3.21. The molecule has 1 aliphatic carbocycles.